The highest BCUT2D eigenvalue weighted by molar-refractivity contribution is 6.32. The van der Waals surface area contributed by atoms with Crippen LogP contribution in [0.4, 0.5) is 0 Å². The smallest absolute Gasteiger partial charge is 0.219 e. The standard InChI is InChI=1S/C22H20ClN3O3/c1-15(26-16(2)27)5-6-17-7-10-22(25-13-17)29-21-9-8-18(12-20(21)23)28-19-4-3-11-24-14-19/h3-15H,1-2H3,(H,26,27)/b6-5+/t15-/m0/s1. The Kier molecular flexibility index (Phi) is 6.81. The molecule has 0 fully saturated rings. The van der Waals surface area contributed by atoms with Gasteiger partial charge >= 0.3 is 0 Å². The molecule has 2 heterocycles. The lowest BCUT2D eigenvalue weighted by Crippen LogP contribution is -2.28. The van der Waals surface area contributed by atoms with Crippen LogP contribution < -0.4 is 14.8 Å². The lowest BCUT2D eigenvalue weighted by atomic mass is 10.2. The van der Waals surface area contributed by atoms with Crippen molar-refractivity contribution in [3.8, 4) is 23.1 Å². The van der Waals surface area contributed by atoms with E-state index in [1.54, 1.807) is 48.9 Å². The number of ether oxygens (including phenoxy) is 2. The molecule has 1 N–H and O–H groups in total. The number of amides is 1. The fourth-order valence-electron chi connectivity index (χ4n) is 2.46. The minimum absolute atomic E-state index is 0.0605. The molecule has 0 aliphatic heterocycles. The maximum absolute atomic E-state index is 11.0. The number of halogens is 1. The number of pyridine rings is 2. The number of nitrogens with one attached hydrogen (secondary N) is 1. The van der Waals surface area contributed by atoms with Gasteiger partial charge in [0, 0.05) is 37.5 Å². The summed E-state index contributed by atoms with van der Waals surface area (Å²) >= 11 is 6.31. The van der Waals surface area contributed by atoms with E-state index in [0.29, 0.717) is 28.2 Å². The molecule has 0 saturated carbocycles. The molecule has 148 valence electrons. The Balaban J connectivity index is 1.62. The molecule has 0 unspecified atom stereocenters. The SMILES string of the molecule is CC(=O)N[C@@H](C)/C=C/c1ccc(Oc2ccc(Oc3cccnc3)cc2Cl)nc1. The zero-order chi connectivity index (χ0) is 20.6. The molecular weight excluding hydrogens is 390 g/mol. The average Bonchev–Trinajstić information content (AvgIpc) is 2.70. The van der Waals surface area contributed by atoms with Gasteiger partial charge < -0.3 is 14.8 Å². The molecular formula is C22H20ClN3O3. The van der Waals surface area contributed by atoms with Crippen LogP contribution in [-0.2, 0) is 4.79 Å². The molecule has 7 heteroatoms. The highest BCUT2D eigenvalue weighted by Gasteiger charge is 2.07. The Morgan fingerprint density at radius 3 is 2.66 bits per heavy atom. The first-order valence-corrected chi connectivity index (χ1v) is 9.34. The summed E-state index contributed by atoms with van der Waals surface area (Å²) in [5.74, 6) is 2.02. The van der Waals surface area contributed by atoms with E-state index >= 15 is 0 Å². The Labute approximate surface area is 174 Å². The maximum Gasteiger partial charge on any atom is 0.219 e. The van der Waals surface area contributed by atoms with Gasteiger partial charge in [0.25, 0.3) is 0 Å². The Morgan fingerprint density at radius 1 is 1.14 bits per heavy atom. The molecule has 2 aromatic heterocycles. The third-order valence-electron chi connectivity index (χ3n) is 3.76. The number of aromatic nitrogens is 2. The van der Waals surface area contributed by atoms with Crippen molar-refractivity contribution in [1.29, 1.82) is 0 Å². The van der Waals surface area contributed by atoms with Crippen molar-refractivity contribution in [2.24, 2.45) is 0 Å². The minimum atomic E-state index is -0.0715. The van der Waals surface area contributed by atoms with Gasteiger partial charge in [-0.25, -0.2) is 4.98 Å². The first kappa shape index (κ1) is 20.4. The summed E-state index contributed by atoms with van der Waals surface area (Å²) in [6, 6.07) is 12.3. The molecule has 3 rings (SSSR count). The Bertz CT molecular complexity index is 992. The van der Waals surface area contributed by atoms with Crippen LogP contribution in [0.2, 0.25) is 5.02 Å². The van der Waals surface area contributed by atoms with Gasteiger partial charge in [0.1, 0.15) is 17.2 Å². The van der Waals surface area contributed by atoms with E-state index in [1.807, 2.05) is 31.2 Å². The van der Waals surface area contributed by atoms with E-state index < -0.39 is 0 Å². The number of carbonyl (C=O) groups is 1. The van der Waals surface area contributed by atoms with Gasteiger partial charge in [-0.15, -0.1) is 0 Å². The molecule has 1 atom stereocenters. The van der Waals surface area contributed by atoms with Crippen molar-refractivity contribution in [2.75, 3.05) is 0 Å². The van der Waals surface area contributed by atoms with E-state index in [-0.39, 0.29) is 11.9 Å². The fourth-order valence-corrected chi connectivity index (χ4v) is 2.67. The number of rotatable bonds is 7. The second kappa shape index (κ2) is 9.71. The zero-order valence-corrected chi connectivity index (χ0v) is 16.8. The molecule has 0 aliphatic carbocycles. The first-order chi connectivity index (χ1) is 14.0. The van der Waals surface area contributed by atoms with Gasteiger partial charge in [-0.2, -0.15) is 0 Å². The summed E-state index contributed by atoms with van der Waals surface area (Å²) in [6.07, 6.45) is 8.75. The Hall–Kier alpha value is -3.38. The summed E-state index contributed by atoms with van der Waals surface area (Å²) in [5.41, 5.74) is 0.890. The van der Waals surface area contributed by atoms with Crippen LogP contribution in [0.3, 0.4) is 0 Å². The topological polar surface area (TPSA) is 73.3 Å². The predicted octanol–water partition coefficient (Wildman–Crippen LogP) is 5.25. The van der Waals surface area contributed by atoms with Gasteiger partial charge in [-0.3, -0.25) is 9.78 Å². The van der Waals surface area contributed by atoms with E-state index in [0.717, 1.165) is 5.56 Å². The summed E-state index contributed by atoms with van der Waals surface area (Å²) in [4.78, 5) is 19.3. The predicted molar refractivity (Wildman–Crippen MR) is 112 cm³/mol. The highest BCUT2D eigenvalue weighted by atomic mass is 35.5. The van der Waals surface area contributed by atoms with Crippen molar-refractivity contribution >= 4 is 23.6 Å². The molecule has 29 heavy (non-hydrogen) atoms. The third-order valence-corrected chi connectivity index (χ3v) is 4.05. The second-order valence-electron chi connectivity index (χ2n) is 6.26. The van der Waals surface area contributed by atoms with Crippen molar-refractivity contribution in [3.63, 3.8) is 0 Å². The van der Waals surface area contributed by atoms with E-state index in [9.17, 15) is 4.79 Å². The molecule has 3 aromatic rings. The van der Waals surface area contributed by atoms with Gasteiger partial charge in [-0.05, 0) is 42.8 Å². The molecule has 0 bridgehead atoms. The normalized spacial score (nSPS) is 11.8. The zero-order valence-electron chi connectivity index (χ0n) is 16.0. The molecule has 0 radical (unpaired) electrons. The molecule has 0 aliphatic rings. The maximum atomic E-state index is 11.0. The summed E-state index contributed by atoms with van der Waals surface area (Å²) < 4.78 is 11.5. The monoisotopic (exact) mass is 409 g/mol. The van der Waals surface area contributed by atoms with Crippen molar-refractivity contribution < 1.29 is 14.3 Å². The number of benzene rings is 1. The highest BCUT2D eigenvalue weighted by Crippen LogP contribution is 2.33. The largest absolute Gasteiger partial charge is 0.456 e. The van der Waals surface area contributed by atoms with Crippen molar-refractivity contribution in [2.45, 2.75) is 19.9 Å². The summed E-state index contributed by atoms with van der Waals surface area (Å²) in [5, 5.41) is 3.19. The lowest BCUT2D eigenvalue weighted by molar-refractivity contribution is -0.119. The van der Waals surface area contributed by atoms with Crippen molar-refractivity contribution in [1.82, 2.24) is 15.3 Å². The van der Waals surface area contributed by atoms with Crippen LogP contribution in [-0.4, -0.2) is 21.9 Å². The fraction of sp³-hybridized carbons (Fsp3) is 0.136. The molecule has 0 saturated heterocycles. The van der Waals surface area contributed by atoms with Crippen LogP contribution in [0.25, 0.3) is 6.08 Å². The summed E-state index contributed by atoms with van der Waals surface area (Å²) in [7, 11) is 0. The molecule has 1 amide bonds. The minimum Gasteiger partial charge on any atom is -0.456 e. The van der Waals surface area contributed by atoms with Crippen LogP contribution >= 0.6 is 11.6 Å². The van der Waals surface area contributed by atoms with Gasteiger partial charge in [0.05, 0.1) is 11.2 Å². The Morgan fingerprint density at radius 2 is 2.00 bits per heavy atom. The number of hydrogen-bond donors (Lipinski definition) is 1. The molecule has 6 nitrogen and oxygen atoms in total. The third kappa shape index (κ3) is 6.33. The van der Waals surface area contributed by atoms with Gasteiger partial charge in [0.15, 0.2) is 0 Å². The quantitative estimate of drug-likeness (QED) is 0.576. The van der Waals surface area contributed by atoms with Crippen LogP contribution in [0.5, 0.6) is 23.1 Å². The first-order valence-electron chi connectivity index (χ1n) is 8.96. The van der Waals surface area contributed by atoms with Crippen LogP contribution in [0.1, 0.15) is 19.4 Å². The van der Waals surface area contributed by atoms with E-state index in [4.69, 9.17) is 21.1 Å². The van der Waals surface area contributed by atoms with Crippen molar-refractivity contribution in [3.05, 3.63) is 77.7 Å². The lowest BCUT2D eigenvalue weighted by Gasteiger charge is -2.10. The number of nitrogens with zero attached hydrogens (tertiary/aromatic N) is 2. The van der Waals surface area contributed by atoms with E-state index in [2.05, 4.69) is 15.3 Å². The number of carbonyl (C=O) groups excluding carboxylic acids is 1. The number of hydrogen-bond acceptors (Lipinski definition) is 5. The molecule has 1 aromatic carbocycles. The second-order valence-corrected chi connectivity index (χ2v) is 6.67. The average molecular weight is 410 g/mol. The molecule has 0 spiro atoms. The van der Waals surface area contributed by atoms with Crippen LogP contribution in [0, 0.1) is 0 Å². The van der Waals surface area contributed by atoms with Gasteiger partial charge in [-0.1, -0.05) is 23.8 Å². The van der Waals surface area contributed by atoms with Gasteiger partial charge in [0.2, 0.25) is 11.8 Å². The summed E-state index contributed by atoms with van der Waals surface area (Å²) in [6.45, 7) is 3.38. The van der Waals surface area contributed by atoms with Crippen LogP contribution in [0.15, 0.2) is 67.1 Å². The van der Waals surface area contributed by atoms with E-state index in [1.165, 1.54) is 6.92 Å².